The predicted octanol–water partition coefficient (Wildman–Crippen LogP) is 14.9. The molecule has 1 aliphatic heterocycles. The molecule has 2 fully saturated rings. The van der Waals surface area contributed by atoms with Crippen molar-refractivity contribution in [2.24, 2.45) is 17.3 Å². The van der Waals surface area contributed by atoms with Gasteiger partial charge in [0.15, 0.2) is 0 Å². The van der Waals surface area contributed by atoms with Gasteiger partial charge in [-0.15, -0.1) is 0 Å². The van der Waals surface area contributed by atoms with Crippen LogP contribution in [0.15, 0.2) is 0 Å². The molecule has 0 aromatic rings. The van der Waals surface area contributed by atoms with Gasteiger partial charge in [0, 0.05) is 6.54 Å². The molecule has 0 radical (unpaired) electrons. The van der Waals surface area contributed by atoms with Gasteiger partial charge in [-0.2, -0.15) is 0 Å². The average molecular weight is 905 g/mol. The first kappa shape index (κ1) is 57.8. The lowest BCUT2D eigenvalue weighted by Gasteiger charge is -2.39. The number of imide groups is 1. The van der Waals surface area contributed by atoms with E-state index in [4.69, 9.17) is 18.9 Å². The van der Waals surface area contributed by atoms with Crippen LogP contribution in [0.25, 0.3) is 0 Å². The van der Waals surface area contributed by atoms with Crippen molar-refractivity contribution in [1.29, 1.82) is 0 Å². The van der Waals surface area contributed by atoms with Crippen molar-refractivity contribution in [3.05, 3.63) is 0 Å². The Morgan fingerprint density at radius 2 is 0.844 bits per heavy atom. The number of rotatable bonds is 32. The van der Waals surface area contributed by atoms with E-state index in [0.717, 1.165) is 108 Å². The standard InChI is InChI=1S/C54H100N2O8/c1-11-15-19-23-27-32-44(33-28-24-20-16-12-2)48(57)61-46-42-54(43-47(46)62-49(58)45(34-29-25-21-17-13-3)35-30-26-22-18-14-4)36-40-55(41-37-54)38-31-39-56(50(59)63-52(5,6)7)51(60)64-53(8,9)10/h44-47H,11-43H2,1-10H3/t46-,47-/m1/s1. The summed E-state index contributed by atoms with van der Waals surface area (Å²) in [4.78, 5) is 58.2. The zero-order chi connectivity index (χ0) is 47.4. The van der Waals surface area contributed by atoms with Gasteiger partial charge in [-0.3, -0.25) is 9.59 Å². The van der Waals surface area contributed by atoms with E-state index in [9.17, 15) is 19.2 Å². The van der Waals surface area contributed by atoms with Gasteiger partial charge in [0.25, 0.3) is 0 Å². The molecule has 0 aromatic heterocycles. The van der Waals surface area contributed by atoms with E-state index in [2.05, 4.69) is 32.6 Å². The molecule has 0 N–H and O–H groups in total. The van der Waals surface area contributed by atoms with Crippen LogP contribution >= 0.6 is 0 Å². The highest BCUT2D eigenvalue weighted by Gasteiger charge is 2.50. The lowest BCUT2D eigenvalue weighted by Crippen LogP contribution is -2.45. The fourth-order valence-corrected chi connectivity index (χ4v) is 9.67. The molecule has 10 heteroatoms. The fraction of sp³-hybridized carbons (Fsp3) is 0.926. The summed E-state index contributed by atoms with van der Waals surface area (Å²) in [7, 11) is 0. The van der Waals surface area contributed by atoms with Gasteiger partial charge >= 0.3 is 24.1 Å². The monoisotopic (exact) mass is 905 g/mol. The Hall–Kier alpha value is -2.36. The molecule has 2 amide bonds. The maximum absolute atomic E-state index is 14.3. The first-order chi connectivity index (χ1) is 30.5. The zero-order valence-corrected chi connectivity index (χ0v) is 43.3. The smallest absolute Gasteiger partial charge is 0.419 e. The topological polar surface area (TPSA) is 112 Å². The number of likely N-dealkylation sites (tertiary alicyclic amines) is 1. The van der Waals surface area contributed by atoms with E-state index in [1.807, 2.05) is 0 Å². The van der Waals surface area contributed by atoms with E-state index >= 15 is 0 Å². The fourth-order valence-electron chi connectivity index (χ4n) is 9.67. The molecule has 1 saturated heterocycles. The van der Waals surface area contributed by atoms with Crippen LogP contribution in [0.1, 0.15) is 255 Å². The second-order valence-corrected chi connectivity index (χ2v) is 21.9. The molecule has 1 heterocycles. The van der Waals surface area contributed by atoms with Gasteiger partial charge in [-0.1, -0.05) is 156 Å². The van der Waals surface area contributed by atoms with E-state index in [1.165, 1.54) is 77.0 Å². The molecule has 2 atom stereocenters. The first-order valence-electron chi connectivity index (χ1n) is 26.8. The first-order valence-corrected chi connectivity index (χ1v) is 26.8. The highest BCUT2D eigenvalue weighted by atomic mass is 16.6. The Bertz CT molecular complexity index is 1170. The van der Waals surface area contributed by atoms with Crippen molar-refractivity contribution < 1.29 is 38.1 Å². The highest BCUT2D eigenvalue weighted by molar-refractivity contribution is 5.88. The molecule has 1 saturated carbocycles. The van der Waals surface area contributed by atoms with Crippen molar-refractivity contribution in [2.75, 3.05) is 26.2 Å². The molecular formula is C54H100N2O8. The molecule has 2 rings (SSSR count). The van der Waals surface area contributed by atoms with Gasteiger partial charge in [-0.05, 0) is 124 Å². The molecule has 0 aromatic carbocycles. The summed E-state index contributed by atoms with van der Waals surface area (Å²) in [6, 6.07) is 0. The van der Waals surface area contributed by atoms with Crippen LogP contribution in [-0.4, -0.2) is 83.5 Å². The van der Waals surface area contributed by atoms with Crippen LogP contribution in [0.2, 0.25) is 0 Å². The molecule has 0 bridgehead atoms. The van der Waals surface area contributed by atoms with Crippen molar-refractivity contribution in [3.8, 4) is 0 Å². The number of hydrogen-bond donors (Lipinski definition) is 0. The Labute approximate surface area is 393 Å². The highest BCUT2D eigenvalue weighted by Crippen LogP contribution is 2.49. The van der Waals surface area contributed by atoms with E-state index in [0.29, 0.717) is 25.8 Å². The largest absolute Gasteiger partial charge is 0.458 e. The average Bonchev–Trinajstić information content (AvgIpc) is 3.54. The molecule has 1 spiro atoms. The lowest BCUT2D eigenvalue weighted by atomic mass is 9.77. The summed E-state index contributed by atoms with van der Waals surface area (Å²) in [5.74, 6) is -0.403. The maximum Gasteiger partial charge on any atom is 0.419 e. The molecule has 2 aliphatic rings. The summed E-state index contributed by atoms with van der Waals surface area (Å²) in [5, 5.41) is 0. The quantitative estimate of drug-likeness (QED) is 0.0370. The summed E-state index contributed by atoms with van der Waals surface area (Å²) in [6.45, 7) is 22.2. The van der Waals surface area contributed by atoms with Gasteiger partial charge in [0.1, 0.15) is 23.4 Å². The van der Waals surface area contributed by atoms with Crippen molar-refractivity contribution in [2.45, 2.75) is 279 Å². The normalized spacial score (nSPS) is 17.9. The molecule has 374 valence electrons. The molecule has 1 aliphatic carbocycles. The second kappa shape index (κ2) is 31.6. The number of ether oxygens (including phenoxy) is 4. The number of amides is 2. The van der Waals surface area contributed by atoms with Gasteiger partial charge in [0.2, 0.25) is 0 Å². The van der Waals surface area contributed by atoms with Crippen molar-refractivity contribution in [3.63, 3.8) is 0 Å². The number of piperidine rings is 1. The Balaban J connectivity index is 2.24. The Morgan fingerprint density at radius 3 is 1.16 bits per heavy atom. The SMILES string of the molecule is CCCCCCCC(CCCCCCC)C(=O)O[C@@H]1CC2(CCN(CCCN(C(=O)OC(C)(C)C)C(=O)OC(C)(C)C)CC2)C[C@H]1OC(=O)C(CCCCCCC)CCCCCCC. The summed E-state index contributed by atoms with van der Waals surface area (Å²) in [5.41, 5.74) is -1.58. The van der Waals surface area contributed by atoms with Crippen molar-refractivity contribution in [1.82, 2.24) is 9.80 Å². The molecular weight excluding hydrogens is 805 g/mol. The van der Waals surface area contributed by atoms with Crippen LogP contribution in [0.5, 0.6) is 0 Å². The summed E-state index contributed by atoms with van der Waals surface area (Å²) in [6.07, 6.45) is 28.4. The number of hydrogen-bond acceptors (Lipinski definition) is 9. The Morgan fingerprint density at radius 1 is 0.516 bits per heavy atom. The van der Waals surface area contributed by atoms with Crippen LogP contribution in [0.3, 0.4) is 0 Å². The second-order valence-electron chi connectivity index (χ2n) is 21.9. The Kier molecular flexibility index (Phi) is 28.5. The van der Waals surface area contributed by atoms with Crippen LogP contribution < -0.4 is 0 Å². The van der Waals surface area contributed by atoms with E-state index < -0.39 is 35.6 Å². The van der Waals surface area contributed by atoms with Gasteiger partial charge in [0.05, 0.1) is 11.8 Å². The van der Waals surface area contributed by atoms with Crippen LogP contribution in [0, 0.1) is 17.3 Å². The molecule has 64 heavy (non-hydrogen) atoms. The molecule has 0 unspecified atom stereocenters. The third kappa shape index (κ3) is 24.4. The minimum absolute atomic E-state index is 0.0862. The summed E-state index contributed by atoms with van der Waals surface area (Å²) < 4.78 is 24.4. The van der Waals surface area contributed by atoms with Gasteiger partial charge in [-0.25, -0.2) is 14.5 Å². The summed E-state index contributed by atoms with van der Waals surface area (Å²) >= 11 is 0. The zero-order valence-electron chi connectivity index (χ0n) is 43.3. The minimum Gasteiger partial charge on any atom is -0.458 e. The van der Waals surface area contributed by atoms with Crippen molar-refractivity contribution >= 4 is 24.1 Å². The minimum atomic E-state index is -0.745. The third-order valence-electron chi connectivity index (χ3n) is 13.5. The number of carbonyl (C=O) groups is 4. The van der Waals surface area contributed by atoms with E-state index in [-0.39, 0.29) is 35.7 Å². The maximum atomic E-state index is 14.3. The number of esters is 2. The van der Waals surface area contributed by atoms with E-state index in [1.54, 1.807) is 41.5 Å². The van der Waals surface area contributed by atoms with Gasteiger partial charge < -0.3 is 23.8 Å². The van der Waals surface area contributed by atoms with Crippen LogP contribution in [0.4, 0.5) is 9.59 Å². The van der Waals surface area contributed by atoms with Crippen LogP contribution in [-0.2, 0) is 28.5 Å². The molecule has 10 nitrogen and oxygen atoms in total. The number of unbranched alkanes of at least 4 members (excludes halogenated alkanes) is 16. The number of carbonyl (C=O) groups excluding carboxylic acids is 4. The lowest BCUT2D eigenvalue weighted by molar-refractivity contribution is -0.171. The third-order valence-corrected chi connectivity index (χ3v) is 13.5. The number of nitrogens with zero attached hydrogens (tertiary/aromatic N) is 2. The predicted molar refractivity (Wildman–Crippen MR) is 261 cm³/mol.